The van der Waals surface area contributed by atoms with E-state index >= 15 is 0 Å². The third kappa shape index (κ3) is 1.97. The largest absolute Gasteiger partial charge is 0.475 e. The third-order valence-electron chi connectivity index (χ3n) is 2.64. The van der Waals surface area contributed by atoms with Gasteiger partial charge >= 0.3 is 5.97 Å². The summed E-state index contributed by atoms with van der Waals surface area (Å²) in [4.78, 5) is 18.6. The van der Waals surface area contributed by atoms with Crippen molar-refractivity contribution in [1.29, 1.82) is 0 Å². The molecule has 3 aromatic rings. The average Bonchev–Trinajstić information content (AvgIpc) is 2.83. The molecule has 0 radical (unpaired) electrons. The van der Waals surface area contributed by atoms with Gasteiger partial charge < -0.3 is 5.11 Å². The van der Waals surface area contributed by atoms with Crippen molar-refractivity contribution >= 4 is 23.3 Å². The topological polar surface area (TPSA) is 80.4 Å². The molecule has 2 heterocycles. The van der Waals surface area contributed by atoms with Gasteiger partial charge in [-0.05, 0) is 24.3 Å². The predicted molar refractivity (Wildman–Crippen MR) is 68.1 cm³/mol. The van der Waals surface area contributed by atoms with Gasteiger partial charge in [0.1, 0.15) is 5.82 Å². The van der Waals surface area contributed by atoms with Crippen molar-refractivity contribution in [3.8, 4) is 11.3 Å². The van der Waals surface area contributed by atoms with E-state index in [0.717, 1.165) is 6.07 Å². The second-order valence-corrected chi connectivity index (χ2v) is 4.31. The average molecular weight is 293 g/mol. The van der Waals surface area contributed by atoms with Crippen LogP contribution in [0.1, 0.15) is 10.6 Å². The fourth-order valence-electron chi connectivity index (χ4n) is 1.79. The summed E-state index contributed by atoms with van der Waals surface area (Å²) >= 11 is 6.00. The first-order valence-corrected chi connectivity index (χ1v) is 5.84. The first kappa shape index (κ1) is 12.5. The van der Waals surface area contributed by atoms with E-state index in [1.807, 2.05) is 0 Å². The van der Waals surface area contributed by atoms with Crippen LogP contribution in [-0.4, -0.2) is 30.7 Å². The third-order valence-corrected chi connectivity index (χ3v) is 2.95. The van der Waals surface area contributed by atoms with Gasteiger partial charge in [0.2, 0.25) is 0 Å². The van der Waals surface area contributed by atoms with Gasteiger partial charge in [0, 0.05) is 11.8 Å². The monoisotopic (exact) mass is 292 g/mol. The van der Waals surface area contributed by atoms with Gasteiger partial charge in [0.05, 0.1) is 10.7 Å². The summed E-state index contributed by atoms with van der Waals surface area (Å²) < 4.78 is 14.3. The predicted octanol–water partition coefficient (Wildman–Crippen LogP) is 2.28. The molecule has 2 aromatic heterocycles. The molecule has 6 nitrogen and oxygen atoms in total. The summed E-state index contributed by atoms with van der Waals surface area (Å²) in [7, 11) is 0. The second-order valence-electron chi connectivity index (χ2n) is 3.91. The molecular formula is C12H6ClFN4O2. The highest BCUT2D eigenvalue weighted by atomic mass is 35.5. The highest BCUT2D eigenvalue weighted by molar-refractivity contribution is 6.33. The zero-order chi connectivity index (χ0) is 14.3. The van der Waals surface area contributed by atoms with Gasteiger partial charge in [-0.1, -0.05) is 11.6 Å². The van der Waals surface area contributed by atoms with Crippen LogP contribution in [0.3, 0.4) is 0 Å². The molecule has 8 heteroatoms. The Hall–Kier alpha value is -2.54. The Kier molecular flexibility index (Phi) is 2.83. The Morgan fingerprint density at radius 1 is 1.35 bits per heavy atom. The summed E-state index contributed by atoms with van der Waals surface area (Å²) in [5.41, 5.74) is 0.974. The number of nitrogens with zero attached hydrogens (tertiary/aromatic N) is 4. The molecule has 0 fully saturated rings. The maximum atomic E-state index is 13.1. The molecule has 1 aromatic carbocycles. The summed E-state index contributed by atoms with van der Waals surface area (Å²) in [5, 5.41) is 12.9. The van der Waals surface area contributed by atoms with Crippen molar-refractivity contribution in [2.45, 2.75) is 0 Å². The van der Waals surface area contributed by atoms with Crippen LogP contribution in [-0.2, 0) is 0 Å². The van der Waals surface area contributed by atoms with Gasteiger partial charge in [0.15, 0.2) is 0 Å². The number of carboxylic acids is 1. The van der Waals surface area contributed by atoms with Crippen LogP contribution in [0.2, 0.25) is 5.02 Å². The Balaban J connectivity index is 2.28. The number of hydrogen-bond acceptors (Lipinski definition) is 4. The number of halogens is 2. The van der Waals surface area contributed by atoms with Gasteiger partial charge in [-0.15, -0.1) is 5.10 Å². The van der Waals surface area contributed by atoms with Crippen LogP contribution in [0.5, 0.6) is 0 Å². The maximum absolute atomic E-state index is 13.1. The molecular weight excluding hydrogens is 287 g/mol. The van der Waals surface area contributed by atoms with E-state index in [2.05, 4.69) is 15.1 Å². The quantitative estimate of drug-likeness (QED) is 0.784. The Morgan fingerprint density at radius 3 is 2.85 bits per heavy atom. The number of hydrogen-bond donors (Lipinski definition) is 1. The zero-order valence-electron chi connectivity index (χ0n) is 9.79. The highest BCUT2D eigenvalue weighted by Gasteiger charge is 2.15. The fourth-order valence-corrected chi connectivity index (χ4v) is 2.05. The van der Waals surface area contributed by atoms with Gasteiger partial charge in [-0.25, -0.2) is 14.2 Å². The molecule has 0 spiro atoms. The minimum atomic E-state index is -1.26. The molecule has 100 valence electrons. The molecule has 0 saturated carbocycles. The van der Waals surface area contributed by atoms with Crippen LogP contribution < -0.4 is 0 Å². The lowest BCUT2D eigenvalue weighted by atomic mass is 10.1. The normalized spacial score (nSPS) is 10.9. The molecule has 0 atom stereocenters. The van der Waals surface area contributed by atoms with Crippen LogP contribution in [0, 0.1) is 5.82 Å². The summed E-state index contributed by atoms with van der Waals surface area (Å²) in [6.45, 7) is 0. The van der Waals surface area contributed by atoms with Crippen molar-refractivity contribution in [2.75, 3.05) is 0 Å². The van der Waals surface area contributed by atoms with E-state index < -0.39 is 11.8 Å². The smallest absolute Gasteiger partial charge is 0.375 e. The molecule has 1 N–H and O–H groups in total. The number of carboxylic acid groups (broad SMARTS) is 1. The number of rotatable bonds is 2. The zero-order valence-corrected chi connectivity index (χ0v) is 10.5. The van der Waals surface area contributed by atoms with Crippen molar-refractivity contribution in [3.05, 3.63) is 47.1 Å². The van der Waals surface area contributed by atoms with Crippen molar-refractivity contribution in [1.82, 2.24) is 19.6 Å². The molecule has 0 bridgehead atoms. The fraction of sp³-hybridized carbons (Fsp3) is 0. The number of carbonyl (C=O) groups is 1. The highest BCUT2D eigenvalue weighted by Crippen LogP contribution is 2.28. The summed E-state index contributed by atoms with van der Waals surface area (Å²) in [5.74, 6) is -1.97. The van der Waals surface area contributed by atoms with E-state index in [1.165, 1.54) is 22.8 Å². The molecule has 0 unspecified atom stereocenters. The van der Waals surface area contributed by atoms with E-state index in [-0.39, 0.29) is 16.6 Å². The summed E-state index contributed by atoms with van der Waals surface area (Å²) in [6, 6.07) is 5.49. The minimum absolute atomic E-state index is 0.125. The van der Waals surface area contributed by atoms with Crippen molar-refractivity contribution in [2.24, 2.45) is 0 Å². The van der Waals surface area contributed by atoms with Gasteiger partial charge in [-0.3, -0.25) is 0 Å². The molecule has 0 aliphatic rings. The number of aromatic nitrogens is 4. The maximum Gasteiger partial charge on any atom is 0.375 e. The second kappa shape index (κ2) is 4.53. The van der Waals surface area contributed by atoms with Crippen LogP contribution >= 0.6 is 11.6 Å². The lowest BCUT2D eigenvalue weighted by Crippen LogP contribution is -2.00. The van der Waals surface area contributed by atoms with Crippen LogP contribution in [0.4, 0.5) is 4.39 Å². The molecule has 0 amide bonds. The first-order chi connectivity index (χ1) is 9.56. The summed E-state index contributed by atoms with van der Waals surface area (Å²) in [6.07, 6.45) is 1.45. The SMILES string of the molecule is O=C(O)c1nc2nccc(-c3ccc(F)cc3Cl)n2n1. The lowest BCUT2D eigenvalue weighted by molar-refractivity contribution is 0.0684. The Morgan fingerprint density at radius 2 is 2.15 bits per heavy atom. The number of benzene rings is 1. The number of aromatic carboxylic acids is 1. The van der Waals surface area contributed by atoms with E-state index in [0.29, 0.717) is 11.3 Å². The number of fused-ring (bicyclic) bond motifs is 1. The standard InChI is InChI=1S/C12H6ClFN4O2/c13-8-5-6(14)1-2-7(8)9-3-4-15-12-16-10(11(19)20)17-18(9)12/h1-5H,(H,19,20). The molecule has 3 rings (SSSR count). The Bertz CT molecular complexity index is 833. The van der Waals surface area contributed by atoms with E-state index in [1.54, 1.807) is 6.07 Å². The molecule has 20 heavy (non-hydrogen) atoms. The van der Waals surface area contributed by atoms with E-state index in [9.17, 15) is 9.18 Å². The first-order valence-electron chi connectivity index (χ1n) is 5.47. The van der Waals surface area contributed by atoms with Gasteiger partial charge in [0.25, 0.3) is 11.6 Å². The minimum Gasteiger partial charge on any atom is -0.475 e. The van der Waals surface area contributed by atoms with Gasteiger partial charge in [-0.2, -0.15) is 9.50 Å². The van der Waals surface area contributed by atoms with Crippen molar-refractivity contribution in [3.63, 3.8) is 0 Å². The molecule has 0 aliphatic heterocycles. The van der Waals surface area contributed by atoms with Crippen LogP contribution in [0.25, 0.3) is 17.0 Å². The van der Waals surface area contributed by atoms with Crippen LogP contribution in [0.15, 0.2) is 30.5 Å². The molecule has 0 saturated heterocycles. The van der Waals surface area contributed by atoms with E-state index in [4.69, 9.17) is 16.7 Å². The molecule has 0 aliphatic carbocycles. The lowest BCUT2D eigenvalue weighted by Gasteiger charge is -2.05. The van der Waals surface area contributed by atoms with Crippen molar-refractivity contribution < 1.29 is 14.3 Å². The Labute approximate surface area is 116 Å².